The predicted molar refractivity (Wildman–Crippen MR) is 64.0 cm³/mol. The van der Waals surface area contributed by atoms with Gasteiger partial charge in [0.05, 0.1) is 0 Å². The first-order chi connectivity index (χ1) is 7.55. The Balaban J connectivity index is 4.91. The predicted octanol–water partition coefficient (Wildman–Crippen LogP) is 3.14. The average molecular weight is 227 g/mol. The summed E-state index contributed by atoms with van der Waals surface area (Å²) in [7, 11) is 0. The molecule has 0 aliphatic rings. The summed E-state index contributed by atoms with van der Waals surface area (Å²) in [6.07, 6.45) is 4.43. The van der Waals surface area contributed by atoms with E-state index in [0.717, 1.165) is 12.8 Å². The van der Waals surface area contributed by atoms with Crippen molar-refractivity contribution in [1.82, 2.24) is 0 Å². The number of nitrogens with zero attached hydrogens (tertiary/aromatic N) is 1. The number of ketones is 1. The van der Waals surface area contributed by atoms with Crippen molar-refractivity contribution in [3.63, 3.8) is 0 Å². The molecule has 0 bridgehead atoms. The fourth-order valence-corrected chi connectivity index (χ4v) is 1.85. The lowest BCUT2D eigenvalue weighted by molar-refractivity contribution is -0.552. The number of carbonyl (C=O) groups excluding carboxylic acids is 1. The molecule has 16 heavy (non-hydrogen) atoms. The van der Waals surface area contributed by atoms with E-state index in [9.17, 15) is 14.9 Å². The highest BCUT2D eigenvalue weighted by atomic mass is 16.6. The van der Waals surface area contributed by atoms with Crippen LogP contribution < -0.4 is 0 Å². The molecule has 0 radical (unpaired) electrons. The van der Waals surface area contributed by atoms with Crippen LogP contribution in [0.4, 0.5) is 0 Å². The molecule has 0 rings (SSSR count). The third-order valence-electron chi connectivity index (χ3n) is 2.77. The average Bonchev–Trinajstić information content (AvgIpc) is 2.24. The van der Waals surface area contributed by atoms with Crippen molar-refractivity contribution in [2.75, 3.05) is 0 Å². The van der Waals surface area contributed by atoms with E-state index in [1.807, 2.05) is 13.8 Å². The molecule has 0 heterocycles. The maximum atomic E-state index is 12.0. The van der Waals surface area contributed by atoms with Crippen molar-refractivity contribution in [3.8, 4) is 0 Å². The summed E-state index contributed by atoms with van der Waals surface area (Å²) in [5.41, 5.74) is -1.42. The molecule has 0 aliphatic heterocycles. The summed E-state index contributed by atoms with van der Waals surface area (Å²) >= 11 is 0. The Hall–Kier alpha value is -1.19. The molecular weight excluding hydrogens is 206 g/mol. The Morgan fingerprint density at radius 1 is 1.44 bits per heavy atom. The third kappa shape index (κ3) is 3.43. The van der Waals surface area contributed by atoms with Gasteiger partial charge in [-0.1, -0.05) is 26.3 Å². The molecule has 92 valence electrons. The molecule has 1 atom stereocenters. The van der Waals surface area contributed by atoms with E-state index >= 15 is 0 Å². The molecule has 0 spiro atoms. The first-order valence-electron chi connectivity index (χ1n) is 5.83. The molecule has 0 amide bonds. The van der Waals surface area contributed by atoms with Gasteiger partial charge in [0.25, 0.3) is 5.54 Å². The lowest BCUT2D eigenvalue weighted by Gasteiger charge is -2.22. The minimum atomic E-state index is -1.42. The second kappa shape index (κ2) is 7.14. The molecule has 0 saturated heterocycles. The van der Waals surface area contributed by atoms with Crippen molar-refractivity contribution >= 4 is 5.78 Å². The zero-order valence-electron chi connectivity index (χ0n) is 10.2. The summed E-state index contributed by atoms with van der Waals surface area (Å²) in [4.78, 5) is 22.7. The molecule has 0 aliphatic carbocycles. The van der Waals surface area contributed by atoms with Crippen LogP contribution in [-0.2, 0) is 4.79 Å². The smallest absolute Gasteiger partial charge is 0.282 e. The summed E-state index contributed by atoms with van der Waals surface area (Å²) < 4.78 is 0. The van der Waals surface area contributed by atoms with Gasteiger partial charge in [0.15, 0.2) is 0 Å². The van der Waals surface area contributed by atoms with Gasteiger partial charge in [0, 0.05) is 24.2 Å². The van der Waals surface area contributed by atoms with Crippen molar-refractivity contribution in [2.24, 2.45) is 0 Å². The van der Waals surface area contributed by atoms with Crippen LogP contribution in [0.2, 0.25) is 0 Å². The first kappa shape index (κ1) is 14.8. The summed E-state index contributed by atoms with van der Waals surface area (Å²) in [6.45, 7) is 7.34. The van der Waals surface area contributed by atoms with Crippen LogP contribution in [0.3, 0.4) is 0 Å². The van der Waals surface area contributed by atoms with Gasteiger partial charge in [-0.15, -0.1) is 6.58 Å². The van der Waals surface area contributed by atoms with Crippen LogP contribution in [-0.4, -0.2) is 16.2 Å². The minimum Gasteiger partial charge on any atom is -0.292 e. The van der Waals surface area contributed by atoms with Gasteiger partial charge in [-0.3, -0.25) is 14.9 Å². The number of Topliss-reactive ketones (excluding diaryl/α,β-unsaturated/α-hetero) is 1. The molecule has 0 fully saturated rings. The summed E-state index contributed by atoms with van der Waals surface area (Å²) in [6, 6.07) is 0. The standard InChI is InChI=1S/C12H21NO3/c1-4-7-8-11(14)12(9-5-2,10-6-3)13(15)16/h5H,2,4,6-10H2,1,3H3. The molecular formula is C12H21NO3. The first-order valence-corrected chi connectivity index (χ1v) is 5.83. The van der Waals surface area contributed by atoms with E-state index in [-0.39, 0.29) is 12.2 Å². The van der Waals surface area contributed by atoms with Crippen molar-refractivity contribution in [3.05, 3.63) is 22.8 Å². The van der Waals surface area contributed by atoms with E-state index in [4.69, 9.17) is 0 Å². The number of hydrogen-bond acceptors (Lipinski definition) is 3. The maximum Gasteiger partial charge on any atom is 0.282 e. The number of rotatable bonds is 9. The van der Waals surface area contributed by atoms with E-state index < -0.39 is 10.5 Å². The van der Waals surface area contributed by atoms with Gasteiger partial charge in [-0.25, -0.2) is 0 Å². The molecule has 0 aromatic rings. The van der Waals surface area contributed by atoms with Crippen LogP contribution in [0, 0.1) is 10.1 Å². The normalized spacial score (nSPS) is 14.1. The molecule has 4 nitrogen and oxygen atoms in total. The number of unbranched alkanes of at least 4 members (excludes halogenated alkanes) is 1. The Labute approximate surface area is 96.9 Å². The van der Waals surface area contributed by atoms with Crippen LogP contribution >= 0.6 is 0 Å². The van der Waals surface area contributed by atoms with E-state index in [2.05, 4.69) is 6.58 Å². The monoisotopic (exact) mass is 227 g/mol. The van der Waals surface area contributed by atoms with Crippen LogP contribution in [0.5, 0.6) is 0 Å². The molecule has 0 aromatic heterocycles. The van der Waals surface area contributed by atoms with Gasteiger partial charge in [-0.2, -0.15) is 0 Å². The zero-order valence-corrected chi connectivity index (χ0v) is 10.2. The van der Waals surface area contributed by atoms with Crippen LogP contribution in [0.15, 0.2) is 12.7 Å². The van der Waals surface area contributed by atoms with Gasteiger partial charge < -0.3 is 0 Å². The molecule has 4 heteroatoms. The largest absolute Gasteiger partial charge is 0.292 e. The number of hydrogen-bond donors (Lipinski definition) is 0. The quantitative estimate of drug-likeness (QED) is 0.345. The lowest BCUT2D eigenvalue weighted by atomic mass is 9.84. The molecule has 1 unspecified atom stereocenters. The number of nitro groups is 1. The van der Waals surface area contributed by atoms with Crippen molar-refractivity contribution in [2.45, 2.75) is 57.9 Å². The van der Waals surface area contributed by atoms with Crippen molar-refractivity contribution < 1.29 is 9.72 Å². The highest BCUT2D eigenvalue weighted by molar-refractivity contribution is 5.87. The molecule has 0 saturated carbocycles. The maximum absolute atomic E-state index is 12.0. The molecule has 0 aromatic carbocycles. The van der Waals surface area contributed by atoms with Gasteiger partial charge in [0.2, 0.25) is 5.78 Å². The van der Waals surface area contributed by atoms with Gasteiger partial charge in [0.1, 0.15) is 0 Å². The van der Waals surface area contributed by atoms with Crippen molar-refractivity contribution in [1.29, 1.82) is 0 Å². The van der Waals surface area contributed by atoms with Crippen LogP contribution in [0.1, 0.15) is 52.4 Å². The SMILES string of the molecule is C=CCC(CCC)(C(=O)CCCC)[N+](=O)[O-]. The highest BCUT2D eigenvalue weighted by Crippen LogP contribution is 2.26. The fourth-order valence-electron chi connectivity index (χ4n) is 1.85. The zero-order chi connectivity index (χ0) is 12.6. The van der Waals surface area contributed by atoms with E-state index in [0.29, 0.717) is 19.3 Å². The Morgan fingerprint density at radius 2 is 2.06 bits per heavy atom. The fraction of sp³-hybridized carbons (Fsp3) is 0.750. The Morgan fingerprint density at radius 3 is 2.44 bits per heavy atom. The Bertz CT molecular complexity index is 263. The highest BCUT2D eigenvalue weighted by Gasteiger charge is 2.47. The third-order valence-corrected chi connectivity index (χ3v) is 2.77. The van der Waals surface area contributed by atoms with E-state index in [1.54, 1.807) is 0 Å². The van der Waals surface area contributed by atoms with E-state index in [1.165, 1.54) is 6.08 Å². The topological polar surface area (TPSA) is 60.2 Å². The number of carbonyl (C=O) groups is 1. The second-order valence-corrected chi connectivity index (χ2v) is 4.06. The molecule has 0 N–H and O–H groups in total. The van der Waals surface area contributed by atoms with Crippen LogP contribution in [0.25, 0.3) is 0 Å². The van der Waals surface area contributed by atoms with Gasteiger partial charge in [-0.05, 0) is 12.8 Å². The Kier molecular flexibility index (Phi) is 6.61. The summed E-state index contributed by atoms with van der Waals surface area (Å²) in [5, 5.41) is 11.1. The summed E-state index contributed by atoms with van der Waals surface area (Å²) in [5.74, 6) is -0.249. The second-order valence-electron chi connectivity index (χ2n) is 4.06. The minimum absolute atomic E-state index is 0.135. The lowest BCUT2D eigenvalue weighted by Crippen LogP contribution is -2.46. The van der Waals surface area contributed by atoms with Gasteiger partial charge >= 0.3 is 0 Å².